The molecule has 0 aliphatic carbocycles. The molecule has 1 aliphatic rings. The Morgan fingerprint density at radius 3 is 2.59 bits per heavy atom. The van der Waals surface area contributed by atoms with Crippen molar-refractivity contribution in [3.8, 4) is 0 Å². The number of aryl methyl sites for hydroxylation is 2. The Morgan fingerprint density at radius 1 is 1.26 bits per heavy atom. The van der Waals surface area contributed by atoms with E-state index in [0.717, 1.165) is 16.9 Å². The number of carbonyl (C=O) groups is 1. The van der Waals surface area contributed by atoms with E-state index in [0.29, 0.717) is 17.2 Å². The zero-order valence-corrected chi connectivity index (χ0v) is 17.6. The van der Waals surface area contributed by atoms with Crippen LogP contribution in [-0.2, 0) is 4.79 Å². The molecule has 0 radical (unpaired) electrons. The molecular formula is C21H28N4OS. The van der Waals surface area contributed by atoms with Crippen LogP contribution in [0.25, 0.3) is 0 Å². The van der Waals surface area contributed by atoms with E-state index in [2.05, 4.69) is 42.8 Å². The molecule has 1 amide bonds. The van der Waals surface area contributed by atoms with E-state index in [4.69, 9.17) is 0 Å². The van der Waals surface area contributed by atoms with Crippen molar-refractivity contribution in [2.24, 2.45) is 5.10 Å². The van der Waals surface area contributed by atoms with Crippen molar-refractivity contribution >= 4 is 34.3 Å². The van der Waals surface area contributed by atoms with Crippen molar-refractivity contribution in [3.05, 3.63) is 40.4 Å². The summed E-state index contributed by atoms with van der Waals surface area (Å²) in [5.74, 6) is -0.0469. The van der Waals surface area contributed by atoms with E-state index in [-0.39, 0.29) is 5.91 Å². The molecule has 0 unspecified atom stereocenters. The van der Waals surface area contributed by atoms with E-state index >= 15 is 0 Å². The first-order chi connectivity index (χ1) is 12.9. The van der Waals surface area contributed by atoms with Crippen LogP contribution in [0.4, 0.5) is 10.8 Å². The number of hydrogen-bond acceptors (Lipinski definition) is 5. The van der Waals surface area contributed by atoms with Gasteiger partial charge >= 0.3 is 0 Å². The molecule has 1 fully saturated rings. The molecule has 1 aromatic heterocycles. The number of thiazole rings is 1. The monoisotopic (exact) mass is 384 g/mol. The fraction of sp³-hybridized carbons (Fsp3) is 0.476. The Morgan fingerprint density at radius 2 is 1.96 bits per heavy atom. The Labute approximate surface area is 165 Å². The van der Waals surface area contributed by atoms with Crippen molar-refractivity contribution in [2.45, 2.75) is 66.0 Å². The summed E-state index contributed by atoms with van der Waals surface area (Å²) < 4.78 is 0. The molecule has 1 saturated heterocycles. The summed E-state index contributed by atoms with van der Waals surface area (Å²) in [6.45, 7) is 10.1. The molecule has 2 heterocycles. The van der Waals surface area contributed by atoms with Crippen molar-refractivity contribution in [1.29, 1.82) is 0 Å². The third kappa shape index (κ3) is 4.38. The first-order valence-corrected chi connectivity index (χ1v) is 10.4. The number of rotatable bonds is 4. The average molecular weight is 385 g/mol. The molecule has 6 heteroatoms. The van der Waals surface area contributed by atoms with Gasteiger partial charge in [-0.05, 0) is 70.2 Å². The molecule has 144 valence electrons. The SMILES string of the molecule is CC(=O)N(c1ccc(C)c(C)c1)c1nc(/C=N\N2[C@H](C)CCC[C@H]2C)cs1. The van der Waals surface area contributed by atoms with Crippen LogP contribution < -0.4 is 4.90 Å². The Balaban J connectivity index is 1.83. The minimum Gasteiger partial charge on any atom is -0.291 e. The van der Waals surface area contributed by atoms with E-state index in [1.165, 1.54) is 36.2 Å². The lowest BCUT2D eigenvalue weighted by Gasteiger charge is -2.36. The normalized spacial score (nSPS) is 20.3. The maximum Gasteiger partial charge on any atom is 0.230 e. The van der Waals surface area contributed by atoms with Crippen LogP contribution in [0.5, 0.6) is 0 Å². The molecule has 1 aliphatic heterocycles. The van der Waals surface area contributed by atoms with E-state index in [1.807, 2.05) is 29.8 Å². The number of anilines is 2. The van der Waals surface area contributed by atoms with E-state index < -0.39 is 0 Å². The summed E-state index contributed by atoms with van der Waals surface area (Å²) in [5, 5.41) is 9.48. The summed E-state index contributed by atoms with van der Waals surface area (Å²) >= 11 is 1.46. The van der Waals surface area contributed by atoms with Gasteiger partial charge in [0, 0.05) is 24.4 Å². The minimum atomic E-state index is -0.0469. The second kappa shape index (κ2) is 8.21. The molecule has 0 N–H and O–H groups in total. The second-order valence-corrected chi connectivity index (χ2v) is 8.27. The standard InChI is InChI=1S/C21H28N4OS/c1-14-9-10-20(11-15(14)2)24(18(5)26)21-23-19(13-27-21)12-22-25-16(3)7-6-8-17(25)4/h9-13,16-17H,6-8H2,1-5H3/b22-12-/t16-,17-/m1/s1. The molecule has 3 rings (SSSR count). The van der Waals surface area contributed by atoms with Gasteiger partial charge in [-0.15, -0.1) is 11.3 Å². The molecule has 2 aromatic rings. The van der Waals surface area contributed by atoms with Crippen LogP contribution in [0.2, 0.25) is 0 Å². The van der Waals surface area contributed by atoms with Crippen LogP contribution in [0.15, 0.2) is 28.7 Å². The van der Waals surface area contributed by atoms with Crippen LogP contribution >= 0.6 is 11.3 Å². The molecule has 5 nitrogen and oxygen atoms in total. The van der Waals surface area contributed by atoms with Crippen molar-refractivity contribution < 1.29 is 4.79 Å². The first-order valence-electron chi connectivity index (χ1n) is 9.52. The third-order valence-corrected chi connectivity index (χ3v) is 6.08. The Kier molecular flexibility index (Phi) is 5.95. The van der Waals surface area contributed by atoms with Gasteiger partial charge in [-0.25, -0.2) is 4.98 Å². The van der Waals surface area contributed by atoms with Gasteiger partial charge in [0.25, 0.3) is 0 Å². The zero-order chi connectivity index (χ0) is 19.6. The number of hydrogen-bond donors (Lipinski definition) is 0. The molecule has 0 bridgehead atoms. The highest BCUT2D eigenvalue weighted by Crippen LogP contribution is 2.30. The minimum absolute atomic E-state index is 0.0469. The molecule has 1 aromatic carbocycles. The van der Waals surface area contributed by atoms with Gasteiger partial charge < -0.3 is 0 Å². The van der Waals surface area contributed by atoms with Crippen LogP contribution in [0, 0.1) is 13.8 Å². The van der Waals surface area contributed by atoms with Gasteiger partial charge in [0.2, 0.25) is 5.91 Å². The summed E-state index contributed by atoms with van der Waals surface area (Å²) in [6, 6.07) is 6.94. The number of hydrazone groups is 1. The van der Waals surface area contributed by atoms with Gasteiger partial charge in [-0.2, -0.15) is 5.10 Å². The molecule has 2 atom stereocenters. The average Bonchev–Trinajstić information content (AvgIpc) is 3.06. The largest absolute Gasteiger partial charge is 0.291 e. The maximum absolute atomic E-state index is 12.3. The lowest BCUT2D eigenvalue weighted by molar-refractivity contribution is -0.115. The fourth-order valence-corrected chi connectivity index (χ4v) is 4.33. The van der Waals surface area contributed by atoms with Gasteiger partial charge in [0.15, 0.2) is 5.13 Å². The fourth-order valence-electron chi connectivity index (χ4n) is 3.49. The summed E-state index contributed by atoms with van der Waals surface area (Å²) in [4.78, 5) is 18.6. The predicted octanol–water partition coefficient (Wildman–Crippen LogP) is 5.04. The highest BCUT2D eigenvalue weighted by molar-refractivity contribution is 7.14. The highest BCUT2D eigenvalue weighted by Gasteiger charge is 2.23. The number of nitrogens with zero attached hydrogens (tertiary/aromatic N) is 4. The smallest absolute Gasteiger partial charge is 0.230 e. The Hall–Kier alpha value is -2.21. The summed E-state index contributed by atoms with van der Waals surface area (Å²) in [6.07, 6.45) is 5.43. The van der Waals surface area contributed by atoms with Gasteiger partial charge in [0.1, 0.15) is 0 Å². The quantitative estimate of drug-likeness (QED) is 0.694. The van der Waals surface area contributed by atoms with Gasteiger partial charge in [0.05, 0.1) is 17.6 Å². The lowest BCUT2D eigenvalue weighted by atomic mass is 10.00. The molecule has 27 heavy (non-hydrogen) atoms. The highest BCUT2D eigenvalue weighted by atomic mass is 32.1. The Bertz CT molecular complexity index is 834. The van der Waals surface area contributed by atoms with Crippen molar-refractivity contribution in [3.63, 3.8) is 0 Å². The van der Waals surface area contributed by atoms with Gasteiger partial charge in [-0.3, -0.25) is 14.7 Å². The van der Waals surface area contributed by atoms with Crippen molar-refractivity contribution in [1.82, 2.24) is 9.99 Å². The topological polar surface area (TPSA) is 48.8 Å². The maximum atomic E-state index is 12.3. The lowest BCUT2D eigenvalue weighted by Crippen LogP contribution is -2.39. The summed E-state index contributed by atoms with van der Waals surface area (Å²) in [7, 11) is 0. The number of amides is 1. The number of carbonyl (C=O) groups excluding carboxylic acids is 1. The zero-order valence-electron chi connectivity index (χ0n) is 16.8. The molecular weight excluding hydrogens is 356 g/mol. The number of aromatic nitrogens is 1. The molecule has 0 saturated carbocycles. The second-order valence-electron chi connectivity index (χ2n) is 7.43. The van der Waals surface area contributed by atoms with Crippen LogP contribution in [0.1, 0.15) is 56.9 Å². The number of benzene rings is 1. The first kappa shape index (κ1) is 19.5. The predicted molar refractivity (Wildman–Crippen MR) is 113 cm³/mol. The third-order valence-electron chi connectivity index (χ3n) is 5.24. The van der Waals surface area contributed by atoms with E-state index in [1.54, 1.807) is 11.8 Å². The summed E-state index contributed by atoms with van der Waals surface area (Å²) in [5.41, 5.74) is 4.00. The van der Waals surface area contributed by atoms with Crippen LogP contribution in [0.3, 0.4) is 0 Å². The van der Waals surface area contributed by atoms with Crippen molar-refractivity contribution in [2.75, 3.05) is 4.90 Å². The van der Waals surface area contributed by atoms with Gasteiger partial charge in [-0.1, -0.05) is 6.07 Å². The van der Waals surface area contributed by atoms with E-state index in [9.17, 15) is 4.79 Å². The van der Waals surface area contributed by atoms with Crippen LogP contribution in [-0.4, -0.2) is 34.2 Å². The molecule has 0 spiro atoms. The number of piperidine rings is 1.